The van der Waals surface area contributed by atoms with Gasteiger partial charge < -0.3 is 4.90 Å². The maximum Gasteiger partial charge on any atom is 0.253 e. The van der Waals surface area contributed by atoms with E-state index in [9.17, 15) is 4.79 Å². The number of alkyl halides is 1. The van der Waals surface area contributed by atoms with Crippen molar-refractivity contribution >= 4 is 51.2 Å². The van der Waals surface area contributed by atoms with Crippen LogP contribution in [0.3, 0.4) is 0 Å². The normalized spacial score (nSPS) is 22.2. The third-order valence-electron chi connectivity index (χ3n) is 7.60. The molecule has 0 bridgehead atoms. The molecule has 39 heavy (non-hydrogen) atoms. The van der Waals surface area contributed by atoms with E-state index in [1.165, 1.54) is 0 Å². The van der Waals surface area contributed by atoms with Crippen LogP contribution in [-0.4, -0.2) is 64.2 Å². The third kappa shape index (κ3) is 5.56. The van der Waals surface area contributed by atoms with Gasteiger partial charge in [0, 0.05) is 48.4 Å². The van der Waals surface area contributed by atoms with E-state index in [2.05, 4.69) is 33.2 Å². The van der Waals surface area contributed by atoms with Crippen molar-refractivity contribution in [1.82, 2.24) is 9.91 Å². The molecule has 3 aromatic carbocycles. The number of hydrazone groups is 1. The van der Waals surface area contributed by atoms with Gasteiger partial charge >= 0.3 is 0 Å². The minimum Gasteiger partial charge on any atom is -0.339 e. The van der Waals surface area contributed by atoms with Gasteiger partial charge in [0.2, 0.25) is 0 Å². The Morgan fingerprint density at radius 2 is 1.64 bits per heavy atom. The first kappa shape index (κ1) is 26.0. The van der Waals surface area contributed by atoms with Crippen molar-refractivity contribution in [2.45, 2.75) is 30.3 Å². The first-order valence-electron chi connectivity index (χ1n) is 13.3. The van der Waals surface area contributed by atoms with Crippen molar-refractivity contribution < 1.29 is 4.79 Å². The van der Waals surface area contributed by atoms with Gasteiger partial charge in [-0.3, -0.25) is 14.8 Å². The average molecular weight is 603 g/mol. The van der Waals surface area contributed by atoms with Crippen LogP contribution < -0.4 is 0 Å². The average Bonchev–Trinajstić information content (AvgIpc) is 3.37. The number of nitrogens with zero attached hydrogens (tertiary/aromatic N) is 5. The van der Waals surface area contributed by atoms with E-state index >= 15 is 0 Å². The first-order chi connectivity index (χ1) is 19.1. The van der Waals surface area contributed by atoms with Crippen LogP contribution in [0.2, 0.25) is 5.02 Å². The Labute approximate surface area is 242 Å². The van der Waals surface area contributed by atoms with Gasteiger partial charge in [-0.25, -0.2) is 5.01 Å². The Bertz CT molecular complexity index is 1430. The fourth-order valence-corrected chi connectivity index (χ4v) is 6.05. The number of likely N-dealkylation sites (tertiary alicyclic amines) is 1. The van der Waals surface area contributed by atoms with Gasteiger partial charge in [-0.15, -0.1) is 0 Å². The SMILES string of the molecule is O=C(c1ccc(-c2ccccc2)cc1)N1CCC(CN=C2CC(c3ccccc3Cl)=NC3C(Br)C=NN23)CC1. The molecule has 1 saturated heterocycles. The highest BCUT2D eigenvalue weighted by Crippen LogP contribution is 2.30. The number of amides is 1. The molecular formula is C31H29BrClN5O. The van der Waals surface area contributed by atoms with Crippen molar-refractivity contribution in [1.29, 1.82) is 0 Å². The molecule has 2 unspecified atom stereocenters. The molecule has 0 aliphatic carbocycles. The summed E-state index contributed by atoms with van der Waals surface area (Å²) in [7, 11) is 0. The van der Waals surface area contributed by atoms with E-state index in [0.29, 0.717) is 23.9 Å². The number of hydrogen-bond acceptors (Lipinski definition) is 4. The molecule has 3 aliphatic heterocycles. The molecule has 198 valence electrons. The van der Waals surface area contributed by atoms with Crippen LogP contribution in [0.4, 0.5) is 0 Å². The van der Waals surface area contributed by atoms with Crippen molar-refractivity contribution in [2.24, 2.45) is 21.0 Å². The van der Waals surface area contributed by atoms with Crippen molar-refractivity contribution in [2.75, 3.05) is 19.6 Å². The van der Waals surface area contributed by atoms with E-state index in [4.69, 9.17) is 21.6 Å². The molecule has 2 atom stereocenters. The molecule has 0 spiro atoms. The second-order valence-electron chi connectivity index (χ2n) is 10.1. The molecule has 1 fully saturated rings. The van der Waals surface area contributed by atoms with E-state index in [-0.39, 0.29) is 16.9 Å². The Hall–Kier alpha value is -3.29. The summed E-state index contributed by atoms with van der Waals surface area (Å²) in [4.78, 5) is 25.1. The Morgan fingerprint density at radius 1 is 0.949 bits per heavy atom. The Balaban J connectivity index is 1.08. The monoisotopic (exact) mass is 601 g/mol. The van der Waals surface area contributed by atoms with Crippen LogP contribution in [-0.2, 0) is 0 Å². The smallest absolute Gasteiger partial charge is 0.253 e. The summed E-state index contributed by atoms with van der Waals surface area (Å²) in [5.41, 5.74) is 4.89. The lowest BCUT2D eigenvalue weighted by atomic mass is 9.96. The van der Waals surface area contributed by atoms with Gasteiger partial charge in [0.15, 0.2) is 6.17 Å². The van der Waals surface area contributed by atoms with Crippen molar-refractivity contribution in [3.05, 3.63) is 95.0 Å². The first-order valence-corrected chi connectivity index (χ1v) is 14.6. The second kappa shape index (κ2) is 11.4. The zero-order valence-electron chi connectivity index (χ0n) is 21.5. The van der Waals surface area contributed by atoms with Crippen LogP contribution in [0.15, 0.2) is 93.9 Å². The largest absolute Gasteiger partial charge is 0.339 e. The number of benzene rings is 3. The Morgan fingerprint density at radius 3 is 2.38 bits per heavy atom. The molecule has 3 aliphatic rings. The van der Waals surface area contributed by atoms with Crippen LogP contribution in [0.5, 0.6) is 0 Å². The summed E-state index contributed by atoms with van der Waals surface area (Å²) < 4.78 is 0. The molecule has 0 saturated carbocycles. The quantitative estimate of drug-likeness (QED) is 0.311. The molecule has 3 heterocycles. The van der Waals surface area contributed by atoms with Crippen LogP contribution in [0.1, 0.15) is 35.2 Å². The van der Waals surface area contributed by atoms with E-state index < -0.39 is 0 Å². The molecule has 1 amide bonds. The van der Waals surface area contributed by atoms with E-state index in [0.717, 1.165) is 59.7 Å². The van der Waals surface area contributed by atoms with Crippen LogP contribution >= 0.6 is 27.5 Å². The fourth-order valence-electron chi connectivity index (χ4n) is 5.36. The van der Waals surface area contributed by atoms with Crippen LogP contribution in [0.25, 0.3) is 11.1 Å². The van der Waals surface area contributed by atoms with Gasteiger partial charge in [0.25, 0.3) is 5.91 Å². The molecule has 3 aromatic rings. The highest BCUT2D eigenvalue weighted by Gasteiger charge is 2.37. The molecule has 6 nitrogen and oxygen atoms in total. The van der Waals surface area contributed by atoms with Crippen molar-refractivity contribution in [3.63, 3.8) is 0 Å². The minimum absolute atomic E-state index is 0.0245. The molecule has 0 aromatic heterocycles. The topological polar surface area (TPSA) is 60.6 Å². The number of halogens is 2. The Kier molecular flexibility index (Phi) is 7.62. The number of fused-ring (bicyclic) bond motifs is 1. The number of rotatable bonds is 5. The lowest BCUT2D eigenvalue weighted by molar-refractivity contribution is 0.0693. The third-order valence-corrected chi connectivity index (χ3v) is 8.64. The molecule has 0 N–H and O–H groups in total. The zero-order valence-corrected chi connectivity index (χ0v) is 23.8. The van der Waals surface area contributed by atoms with Gasteiger partial charge in [-0.05, 0) is 48.1 Å². The number of aliphatic imine (C=N–C) groups is 2. The van der Waals surface area contributed by atoms with Crippen LogP contribution in [0, 0.1) is 5.92 Å². The predicted molar refractivity (Wildman–Crippen MR) is 162 cm³/mol. The second-order valence-corrected chi connectivity index (χ2v) is 11.6. The summed E-state index contributed by atoms with van der Waals surface area (Å²) >= 11 is 10.2. The van der Waals surface area contributed by atoms with Gasteiger partial charge in [0.05, 0.1) is 10.5 Å². The number of amidine groups is 1. The van der Waals surface area contributed by atoms with Gasteiger partial charge in [0.1, 0.15) is 5.84 Å². The number of piperidine rings is 1. The highest BCUT2D eigenvalue weighted by atomic mass is 79.9. The minimum atomic E-state index is -0.156. The predicted octanol–water partition coefficient (Wildman–Crippen LogP) is 6.54. The maximum absolute atomic E-state index is 13.2. The van der Waals surface area contributed by atoms with E-state index in [1.807, 2.05) is 82.9 Å². The molecule has 6 rings (SSSR count). The maximum atomic E-state index is 13.2. The molecule has 0 radical (unpaired) electrons. The molecule has 8 heteroatoms. The number of carbonyl (C=O) groups is 1. The summed E-state index contributed by atoms with van der Waals surface area (Å²) in [5.74, 6) is 1.44. The molecular weight excluding hydrogens is 574 g/mol. The summed E-state index contributed by atoms with van der Waals surface area (Å²) in [6.07, 6.45) is 4.17. The number of hydrogen-bond donors (Lipinski definition) is 0. The zero-order chi connectivity index (χ0) is 26.8. The van der Waals surface area contributed by atoms with Gasteiger partial charge in [-0.1, -0.05) is 88.2 Å². The summed E-state index contributed by atoms with van der Waals surface area (Å²) in [5, 5.41) is 7.19. The van der Waals surface area contributed by atoms with Crippen molar-refractivity contribution in [3.8, 4) is 11.1 Å². The summed E-state index contributed by atoms with van der Waals surface area (Å²) in [6, 6.07) is 26.0. The standard InChI is InChI=1S/C31H29BrClN5O/c32-26-20-35-38-29(18-28(36-30(26)38)25-8-4-5-9-27(25)33)34-19-21-14-16-37(17-15-21)31(39)24-12-10-23(11-13-24)22-6-2-1-3-7-22/h1-13,20-21,26,30H,14-19H2. The van der Waals surface area contributed by atoms with Gasteiger partial charge in [-0.2, -0.15) is 5.10 Å². The van der Waals surface area contributed by atoms with E-state index in [1.54, 1.807) is 0 Å². The highest BCUT2D eigenvalue weighted by molar-refractivity contribution is 9.10. The summed E-state index contributed by atoms with van der Waals surface area (Å²) in [6.45, 7) is 2.20. The number of carbonyl (C=O) groups excluding carboxylic acids is 1. The lowest BCUT2D eigenvalue weighted by Crippen LogP contribution is -2.42. The lowest BCUT2D eigenvalue weighted by Gasteiger charge is -2.33. The fraction of sp³-hybridized carbons (Fsp3) is 0.290.